The van der Waals surface area contributed by atoms with Crippen molar-refractivity contribution in [3.8, 4) is 16.9 Å². The van der Waals surface area contributed by atoms with E-state index in [2.05, 4.69) is 0 Å². The minimum absolute atomic E-state index is 0.537. The van der Waals surface area contributed by atoms with Crippen LogP contribution in [0.15, 0.2) is 54.6 Å². The zero-order valence-corrected chi connectivity index (χ0v) is 12.6. The van der Waals surface area contributed by atoms with Crippen LogP contribution in [-0.4, -0.2) is 15.1 Å². The number of hydrogen-bond donors (Lipinski definition) is 1. The SMILES string of the molecule is CCCC(Oc1ccccc1-c1ccccc1)OS(=O)O. The summed E-state index contributed by atoms with van der Waals surface area (Å²) in [5.74, 6) is 0.632. The molecule has 0 saturated heterocycles. The van der Waals surface area contributed by atoms with E-state index >= 15 is 0 Å². The molecule has 2 rings (SSSR count). The first-order valence-corrected chi connectivity index (χ1v) is 7.83. The summed E-state index contributed by atoms with van der Waals surface area (Å²) in [7, 11) is 0. The van der Waals surface area contributed by atoms with E-state index < -0.39 is 17.7 Å². The van der Waals surface area contributed by atoms with Crippen LogP contribution in [0.3, 0.4) is 0 Å². The van der Waals surface area contributed by atoms with Crippen LogP contribution in [0.4, 0.5) is 0 Å². The molecular formula is C16H18O4S. The van der Waals surface area contributed by atoms with E-state index in [1.54, 1.807) is 0 Å². The lowest BCUT2D eigenvalue weighted by Gasteiger charge is -2.18. The maximum absolute atomic E-state index is 10.8. The summed E-state index contributed by atoms with van der Waals surface area (Å²) < 4.78 is 30.4. The Morgan fingerprint density at radius 1 is 1.10 bits per heavy atom. The third-order valence-electron chi connectivity index (χ3n) is 2.94. The number of para-hydroxylation sites is 1. The van der Waals surface area contributed by atoms with Gasteiger partial charge >= 0.3 is 11.4 Å². The lowest BCUT2D eigenvalue weighted by atomic mass is 10.1. The summed E-state index contributed by atoms with van der Waals surface area (Å²) >= 11 is -2.35. The van der Waals surface area contributed by atoms with Gasteiger partial charge in [-0.15, -0.1) is 0 Å². The van der Waals surface area contributed by atoms with Gasteiger partial charge in [-0.3, -0.25) is 4.55 Å². The number of ether oxygens (including phenoxy) is 1. The van der Waals surface area contributed by atoms with Crippen LogP contribution in [0.2, 0.25) is 0 Å². The molecule has 0 aliphatic heterocycles. The Labute approximate surface area is 127 Å². The van der Waals surface area contributed by atoms with Crippen molar-refractivity contribution in [2.45, 2.75) is 26.1 Å². The van der Waals surface area contributed by atoms with Crippen molar-refractivity contribution in [1.82, 2.24) is 0 Å². The molecule has 0 aliphatic rings. The van der Waals surface area contributed by atoms with E-state index in [-0.39, 0.29) is 0 Å². The minimum Gasteiger partial charge on any atom is -0.463 e. The van der Waals surface area contributed by atoms with Gasteiger partial charge in [-0.2, -0.15) is 4.21 Å². The van der Waals surface area contributed by atoms with E-state index in [0.717, 1.165) is 17.5 Å². The predicted molar refractivity (Wildman–Crippen MR) is 83.1 cm³/mol. The summed E-state index contributed by atoms with van der Waals surface area (Å²) in [4.78, 5) is 0. The van der Waals surface area contributed by atoms with Crippen LogP contribution in [0.5, 0.6) is 5.75 Å². The van der Waals surface area contributed by atoms with Crippen LogP contribution in [-0.2, 0) is 15.5 Å². The van der Waals surface area contributed by atoms with E-state index in [1.165, 1.54) is 0 Å². The molecule has 0 fully saturated rings. The molecule has 1 N–H and O–H groups in total. The molecular weight excluding hydrogens is 288 g/mol. The van der Waals surface area contributed by atoms with Crippen LogP contribution in [0, 0.1) is 0 Å². The van der Waals surface area contributed by atoms with Gasteiger partial charge in [-0.1, -0.05) is 61.9 Å². The molecule has 0 amide bonds. The molecule has 4 nitrogen and oxygen atoms in total. The molecule has 112 valence electrons. The second-order valence-corrected chi connectivity index (χ2v) is 5.14. The average molecular weight is 306 g/mol. The molecule has 0 bridgehead atoms. The van der Waals surface area contributed by atoms with E-state index in [4.69, 9.17) is 13.5 Å². The number of rotatable bonds is 7. The maximum Gasteiger partial charge on any atom is 0.305 e. The van der Waals surface area contributed by atoms with Gasteiger partial charge in [0.25, 0.3) is 0 Å². The summed E-state index contributed by atoms with van der Waals surface area (Å²) in [6.45, 7) is 1.96. The van der Waals surface area contributed by atoms with Gasteiger partial charge < -0.3 is 4.74 Å². The van der Waals surface area contributed by atoms with Crippen LogP contribution in [0.1, 0.15) is 19.8 Å². The molecule has 0 spiro atoms. The van der Waals surface area contributed by atoms with E-state index in [1.807, 2.05) is 61.5 Å². The first-order valence-electron chi connectivity index (χ1n) is 6.79. The Hall–Kier alpha value is -1.69. The molecule has 5 heteroatoms. The predicted octanol–water partition coefficient (Wildman–Crippen LogP) is 4.01. The van der Waals surface area contributed by atoms with Crippen LogP contribution >= 0.6 is 0 Å². The first-order chi connectivity index (χ1) is 10.2. The molecule has 2 aromatic rings. The third-order valence-corrected chi connectivity index (χ3v) is 3.32. The molecule has 0 aliphatic carbocycles. The van der Waals surface area contributed by atoms with Gasteiger partial charge in [-0.05, 0) is 11.6 Å². The second kappa shape index (κ2) is 7.93. The normalized spacial score (nSPS) is 13.6. The molecule has 2 atom stereocenters. The Morgan fingerprint density at radius 2 is 1.76 bits per heavy atom. The van der Waals surface area contributed by atoms with E-state index in [0.29, 0.717) is 12.2 Å². The van der Waals surface area contributed by atoms with Gasteiger partial charge in [0.1, 0.15) is 5.75 Å². The molecule has 0 heterocycles. The topological polar surface area (TPSA) is 55.8 Å². The number of benzene rings is 2. The molecule has 0 aromatic heterocycles. The summed E-state index contributed by atoms with van der Waals surface area (Å²) in [5.41, 5.74) is 1.94. The highest BCUT2D eigenvalue weighted by Crippen LogP contribution is 2.30. The molecule has 0 radical (unpaired) electrons. The highest BCUT2D eigenvalue weighted by molar-refractivity contribution is 7.74. The Kier molecular flexibility index (Phi) is 5.92. The standard InChI is InChI=1S/C16H18O4S/c1-2-8-16(20-21(17)18)19-15-12-7-6-11-14(15)13-9-4-3-5-10-13/h3-7,9-12,16H,2,8H2,1H3,(H,17,18). The lowest BCUT2D eigenvalue weighted by Crippen LogP contribution is -2.21. The quantitative estimate of drug-likeness (QED) is 0.620. The summed E-state index contributed by atoms with van der Waals surface area (Å²) in [6.07, 6.45) is 0.579. The Bertz CT molecular complexity index is 586. The molecule has 21 heavy (non-hydrogen) atoms. The van der Waals surface area contributed by atoms with Crippen molar-refractivity contribution in [3.63, 3.8) is 0 Å². The average Bonchev–Trinajstić information content (AvgIpc) is 2.48. The Morgan fingerprint density at radius 3 is 2.43 bits per heavy atom. The van der Waals surface area contributed by atoms with Gasteiger partial charge in [-0.25, -0.2) is 4.18 Å². The molecule has 2 unspecified atom stereocenters. The fourth-order valence-electron chi connectivity index (χ4n) is 2.02. The first kappa shape index (κ1) is 15.7. The van der Waals surface area contributed by atoms with Crippen LogP contribution < -0.4 is 4.74 Å². The van der Waals surface area contributed by atoms with Gasteiger partial charge in [0.2, 0.25) is 6.29 Å². The lowest BCUT2D eigenvalue weighted by molar-refractivity contribution is 0.00370. The smallest absolute Gasteiger partial charge is 0.305 e. The van der Waals surface area contributed by atoms with Crippen LogP contribution in [0.25, 0.3) is 11.1 Å². The van der Waals surface area contributed by atoms with Gasteiger partial charge in [0.05, 0.1) is 0 Å². The monoisotopic (exact) mass is 306 g/mol. The fraction of sp³-hybridized carbons (Fsp3) is 0.250. The Balaban J connectivity index is 2.25. The van der Waals surface area contributed by atoms with Crippen molar-refractivity contribution < 1.29 is 17.7 Å². The second-order valence-electron chi connectivity index (χ2n) is 4.51. The highest BCUT2D eigenvalue weighted by atomic mass is 32.2. The molecule has 0 saturated carbocycles. The minimum atomic E-state index is -2.35. The van der Waals surface area contributed by atoms with Crippen molar-refractivity contribution in [3.05, 3.63) is 54.6 Å². The molecule has 2 aromatic carbocycles. The van der Waals surface area contributed by atoms with Crippen molar-refractivity contribution in [1.29, 1.82) is 0 Å². The highest BCUT2D eigenvalue weighted by Gasteiger charge is 2.15. The summed E-state index contributed by atoms with van der Waals surface area (Å²) in [6, 6.07) is 17.4. The van der Waals surface area contributed by atoms with Crippen molar-refractivity contribution >= 4 is 11.4 Å². The summed E-state index contributed by atoms with van der Waals surface area (Å²) in [5, 5.41) is 0. The zero-order valence-electron chi connectivity index (χ0n) is 11.8. The maximum atomic E-state index is 10.8. The zero-order chi connectivity index (χ0) is 15.1. The van der Waals surface area contributed by atoms with Crippen molar-refractivity contribution in [2.75, 3.05) is 0 Å². The van der Waals surface area contributed by atoms with Gasteiger partial charge in [0.15, 0.2) is 0 Å². The van der Waals surface area contributed by atoms with Crippen molar-refractivity contribution in [2.24, 2.45) is 0 Å². The van der Waals surface area contributed by atoms with Gasteiger partial charge in [0, 0.05) is 12.0 Å². The third kappa shape index (κ3) is 4.67. The largest absolute Gasteiger partial charge is 0.463 e. The number of hydrogen-bond acceptors (Lipinski definition) is 3. The fourth-order valence-corrected chi connectivity index (χ4v) is 2.34. The van der Waals surface area contributed by atoms with E-state index in [9.17, 15) is 4.21 Å².